The van der Waals surface area contributed by atoms with Gasteiger partial charge in [0.05, 0.1) is 38.1 Å². The number of likely N-dealkylation sites (N-methyl/N-ethyl adjacent to an activating group) is 2. The largest absolute Gasteiger partial charge is 0.633 e. The molecule has 1 saturated carbocycles. The normalized spacial score (nSPS) is 14.4. The second-order valence-corrected chi connectivity index (χ2v) is 11.0. The number of benzene rings is 3. The van der Waals surface area contributed by atoms with Crippen LogP contribution in [0.4, 0.5) is 11.5 Å². The lowest BCUT2D eigenvalue weighted by Gasteiger charge is -2.38. The minimum absolute atomic E-state index is 0.110. The Morgan fingerprint density at radius 2 is 1.80 bits per heavy atom. The first kappa shape index (κ1) is 29.6. The number of anilines is 2. The molecule has 3 aromatic carbocycles. The summed E-state index contributed by atoms with van der Waals surface area (Å²) in [5, 5.41) is 12.6. The second kappa shape index (κ2) is 11.9. The highest BCUT2D eigenvalue weighted by atomic mass is 16.5. The van der Waals surface area contributed by atoms with Crippen LogP contribution in [0.1, 0.15) is 12.8 Å². The van der Waals surface area contributed by atoms with E-state index in [0.717, 1.165) is 12.8 Å². The van der Waals surface area contributed by atoms with Gasteiger partial charge >= 0.3 is 5.69 Å². The summed E-state index contributed by atoms with van der Waals surface area (Å²) in [5.41, 5.74) is 7.94. The fourth-order valence-corrected chi connectivity index (χ4v) is 5.23. The number of quaternary nitrogens is 1. The Morgan fingerprint density at radius 1 is 1.04 bits per heavy atom. The molecule has 2 heterocycles. The number of amides is 1. The molecule has 1 fully saturated rings. The number of aromatic nitrogens is 4. The number of fused-ring (bicyclic) bond motifs is 1. The van der Waals surface area contributed by atoms with Crippen molar-refractivity contribution in [2.24, 2.45) is 0 Å². The zero-order chi connectivity index (χ0) is 31.7. The van der Waals surface area contributed by atoms with E-state index in [1.54, 1.807) is 62.6 Å². The van der Waals surface area contributed by atoms with Gasteiger partial charge in [-0.1, -0.05) is 24.3 Å². The summed E-state index contributed by atoms with van der Waals surface area (Å²) >= 11 is 0. The summed E-state index contributed by atoms with van der Waals surface area (Å²) in [4.78, 5) is 37.1. The van der Waals surface area contributed by atoms with Crippen molar-refractivity contribution in [1.82, 2.24) is 19.1 Å². The summed E-state index contributed by atoms with van der Waals surface area (Å²) in [7, 11) is 4.78. The topological polar surface area (TPSA) is 141 Å². The molecule has 1 atom stereocenters. The van der Waals surface area contributed by atoms with Crippen LogP contribution in [0.2, 0.25) is 0 Å². The van der Waals surface area contributed by atoms with Gasteiger partial charge in [0.2, 0.25) is 0 Å². The van der Waals surface area contributed by atoms with Gasteiger partial charge in [-0.15, -0.1) is 0 Å². The quantitative estimate of drug-likeness (QED) is 0.138. The van der Waals surface area contributed by atoms with Crippen LogP contribution in [0, 0.1) is 5.21 Å². The number of hydroxylamine groups is 3. The zero-order valence-corrected chi connectivity index (χ0v) is 25.2. The maximum absolute atomic E-state index is 14.1. The van der Waals surface area contributed by atoms with Crippen LogP contribution in [0.3, 0.4) is 0 Å². The number of nitrogens with two attached hydrogens (primary N) is 1. The smallest absolute Gasteiger partial charge is 0.339 e. The van der Waals surface area contributed by atoms with Crippen molar-refractivity contribution in [3.63, 3.8) is 0 Å². The summed E-state index contributed by atoms with van der Waals surface area (Å²) in [6, 6.07) is 21.5. The van der Waals surface area contributed by atoms with Crippen LogP contribution in [0.25, 0.3) is 22.5 Å². The molecular weight excluding hydrogens is 574 g/mol. The fraction of sp³-hybridized carbons (Fsp3) is 0.212. The third-order valence-electron chi connectivity index (χ3n) is 7.88. The van der Waals surface area contributed by atoms with Gasteiger partial charge in [0.25, 0.3) is 5.91 Å². The maximum atomic E-state index is 14.1. The standard InChI is InChI=1S/C33H33N7O5/c1-37(29(41)13-8-18-40(2,43)25-15-16-25)22-9-7-10-23(19-22)39-32-30(31(34)35-21-36-32)38(33(39)42)24-14-17-27(28(20-24)44-3)45-26-11-5-4-6-12-26/h4-14,17,19-21,25H,15-16,18H2,1-3H3,(H2,34,35,36)/b13-8+. The van der Waals surface area contributed by atoms with Gasteiger partial charge in [0.15, 0.2) is 23.0 Å². The van der Waals surface area contributed by atoms with Crippen LogP contribution in [0.5, 0.6) is 17.2 Å². The molecule has 6 rings (SSSR count). The molecule has 12 heteroatoms. The van der Waals surface area contributed by atoms with E-state index in [0.29, 0.717) is 39.8 Å². The minimum Gasteiger partial charge on any atom is -0.633 e. The number of hydrogen-bond acceptors (Lipinski definition) is 8. The maximum Gasteiger partial charge on any atom is 0.339 e. The molecule has 12 nitrogen and oxygen atoms in total. The van der Waals surface area contributed by atoms with E-state index in [4.69, 9.17) is 15.2 Å². The number of carbonyl (C=O) groups is 1. The van der Waals surface area contributed by atoms with E-state index in [-0.39, 0.29) is 34.6 Å². The number of nitrogen functional groups attached to an aromatic ring is 1. The Balaban J connectivity index is 1.36. The Hall–Kier alpha value is -5.46. The lowest BCUT2D eigenvalue weighted by atomic mass is 10.2. The van der Waals surface area contributed by atoms with Crippen molar-refractivity contribution >= 4 is 28.6 Å². The third-order valence-corrected chi connectivity index (χ3v) is 7.88. The van der Waals surface area contributed by atoms with Crippen LogP contribution in [-0.4, -0.2) is 63.4 Å². The Labute approximate surface area is 259 Å². The van der Waals surface area contributed by atoms with Gasteiger partial charge in [-0.25, -0.2) is 19.3 Å². The Morgan fingerprint density at radius 3 is 2.53 bits per heavy atom. The van der Waals surface area contributed by atoms with E-state index < -0.39 is 5.69 Å². The monoisotopic (exact) mass is 607 g/mol. The molecule has 2 aromatic heterocycles. The number of rotatable bonds is 10. The first-order chi connectivity index (χ1) is 21.7. The molecule has 1 amide bonds. The number of para-hydroxylation sites is 1. The molecule has 45 heavy (non-hydrogen) atoms. The summed E-state index contributed by atoms with van der Waals surface area (Å²) in [5.74, 6) is 1.32. The van der Waals surface area contributed by atoms with Crippen LogP contribution in [-0.2, 0) is 4.79 Å². The number of carbonyl (C=O) groups excluding carboxylic acids is 1. The lowest BCUT2D eigenvalue weighted by Crippen LogP contribution is -2.40. The van der Waals surface area contributed by atoms with Crippen molar-refractivity contribution in [3.05, 3.63) is 107 Å². The zero-order valence-electron chi connectivity index (χ0n) is 25.2. The van der Waals surface area contributed by atoms with Crippen LogP contribution in [0.15, 0.2) is 96.1 Å². The average molecular weight is 608 g/mol. The van der Waals surface area contributed by atoms with Crippen molar-refractivity contribution < 1.29 is 18.9 Å². The first-order valence-corrected chi connectivity index (χ1v) is 14.4. The van der Waals surface area contributed by atoms with E-state index >= 15 is 0 Å². The van der Waals surface area contributed by atoms with Gasteiger partial charge in [0, 0.05) is 37.7 Å². The highest BCUT2D eigenvalue weighted by Gasteiger charge is 2.34. The Kier molecular flexibility index (Phi) is 7.83. The van der Waals surface area contributed by atoms with Crippen molar-refractivity contribution in [1.29, 1.82) is 0 Å². The van der Waals surface area contributed by atoms with Crippen molar-refractivity contribution in [3.8, 4) is 28.6 Å². The molecule has 2 N–H and O–H groups in total. The predicted molar refractivity (Wildman–Crippen MR) is 172 cm³/mol. The van der Waals surface area contributed by atoms with E-state index in [1.165, 1.54) is 33.5 Å². The SMILES string of the molecule is COc1cc(-n2c(=O)n(-c3cccc(N(C)C(=O)/C=C/C[N+](C)([O-])C4CC4)c3)c3ncnc(N)c32)ccc1Oc1ccccc1. The van der Waals surface area contributed by atoms with E-state index in [9.17, 15) is 14.8 Å². The van der Waals surface area contributed by atoms with Gasteiger partial charge in [-0.3, -0.25) is 9.36 Å². The molecule has 230 valence electrons. The second-order valence-electron chi connectivity index (χ2n) is 11.0. The molecule has 0 aliphatic heterocycles. The molecule has 5 aromatic rings. The molecule has 0 spiro atoms. The first-order valence-electron chi connectivity index (χ1n) is 14.4. The van der Waals surface area contributed by atoms with Gasteiger partial charge in [-0.2, -0.15) is 0 Å². The highest BCUT2D eigenvalue weighted by Crippen LogP contribution is 2.35. The molecule has 0 radical (unpaired) electrons. The molecule has 0 bridgehead atoms. The average Bonchev–Trinajstić information content (AvgIpc) is 3.86. The molecule has 1 aliphatic rings. The number of hydrogen-bond donors (Lipinski definition) is 1. The number of nitrogens with zero attached hydrogens (tertiary/aromatic N) is 6. The molecule has 1 unspecified atom stereocenters. The van der Waals surface area contributed by atoms with E-state index in [1.807, 2.05) is 30.3 Å². The number of imidazole rings is 1. The van der Waals surface area contributed by atoms with Gasteiger partial charge in [0.1, 0.15) is 17.6 Å². The lowest BCUT2D eigenvalue weighted by molar-refractivity contribution is -0.865. The van der Waals surface area contributed by atoms with Crippen LogP contribution >= 0.6 is 0 Å². The fourth-order valence-electron chi connectivity index (χ4n) is 5.23. The molecular formula is C33H33N7O5. The van der Waals surface area contributed by atoms with Crippen LogP contribution < -0.4 is 25.8 Å². The molecule has 1 aliphatic carbocycles. The van der Waals surface area contributed by atoms with Crippen molar-refractivity contribution in [2.75, 3.05) is 38.4 Å². The minimum atomic E-state index is -0.449. The highest BCUT2D eigenvalue weighted by molar-refractivity contribution is 6.01. The van der Waals surface area contributed by atoms with Gasteiger partial charge < -0.3 is 30.0 Å². The van der Waals surface area contributed by atoms with E-state index in [2.05, 4.69) is 9.97 Å². The van der Waals surface area contributed by atoms with Gasteiger partial charge in [-0.05, 0) is 48.5 Å². The third kappa shape index (κ3) is 5.88. The summed E-state index contributed by atoms with van der Waals surface area (Å²) < 4.78 is 14.1. The predicted octanol–water partition coefficient (Wildman–Crippen LogP) is 4.58. The molecule has 0 saturated heterocycles. The Bertz CT molecular complexity index is 1960. The summed E-state index contributed by atoms with van der Waals surface area (Å²) in [6.07, 6.45) is 6.17. The summed E-state index contributed by atoms with van der Waals surface area (Å²) in [6.45, 7) is 0.227. The number of methoxy groups -OCH3 is 1. The van der Waals surface area contributed by atoms with Crippen molar-refractivity contribution in [2.45, 2.75) is 18.9 Å². The number of ether oxygens (including phenoxy) is 2.